The number of nitrogens with one attached hydrogen (secondary N) is 3. The summed E-state index contributed by atoms with van der Waals surface area (Å²) in [5.41, 5.74) is 3.89. The third-order valence-electron chi connectivity index (χ3n) is 6.93. The molecule has 4 aromatic rings. The maximum absolute atomic E-state index is 13.5. The summed E-state index contributed by atoms with van der Waals surface area (Å²) in [6.07, 6.45) is 7.14. The van der Waals surface area contributed by atoms with Crippen LogP contribution in [0.25, 0.3) is 0 Å². The van der Waals surface area contributed by atoms with Gasteiger partial charge in [0.05, 0.1) is 0 Å². The largest absolute Gasteiger partial charge is 0.340 e. The van der Waals surface area contributed by atoms with E-state index < -0.39 is 0 Å². The van der Waals surface area contributed by atoms with Crippen molar-refractivity contribution < 1.29 is 9.18 Å². The van der Waals surface area contributed by atoms with Crippen LogP contribution in [-0.2, 0) is 0 Å². The summed E-state index contributed by atoms with van der Waals surface area (Å²) in [4.78, 5) is 28.0. The number of anilines is 4. The lowest BCUT2D eigenvalue weighted by Gasteiger charge is -2.34. The molecule has 1 saturated heterocycles. The zero-order chi connectivity index (χ0) is 27.2. The van der Waals surface area contributed by atoms with Crippen molar-refractivity contribution in [2.75, 3.05) is 23.7 Å². The van der Waals surface area contributed by atoms with Crippen molar-refractivity contribution in [2.45, 2.75) is 38.8 Å². The lowest BCUT2D eigenvalue weighted by atomic mass is 10.0. The van der Waals surface area contributed by atoms with E-state index in [0.29, 0.717) is 28.9 Å². The second-order valence-corrected chi connectivity index (χ2v) is 9.80. The standard InChI is InChI=1S/C30H32FN7O/c1-20-18-26(9-10-27(20)31)35-28-11-15-33-30(37-28)36-24-7-5-22(6-8-24)29(39)38-16-12-25(13-17-38)34-21(2)23-4-3-14-32-19-23/h3-11,14-15,18-19,21,25,34H,12-13,16-17H2,1-2H3,(H2,33,35,36,37). The summed E-state index contributed by atoms with van der Waals surface area (Å²) in [5.74, 6) is 0.781. The van der Waals surface area contributed by atoms with E-state index in [1.54, 1.807) is 37.5 Å². The molecule has 8 nitrogen and oxygen atoms in total. The Kier molecular flexibility index (Phi) is 8.07. The van der Waals surface area contributed by atoms with Gasteiger partial charge in [-0.25, -0.2) is 9.37 Å². The van der Waals surface area contributed by atoms with Gasteiger partial charge in [0, 0.05) is 60.7 Å². The van der Waals surface area contributed by atoms with Crippen molar-refractivity contribution in [3.05, 3.63) is 102 Å². The third kappa shape index (κ3) is 6.74. The highest BCUT2D eigenvalue weighted by molar-refractivity contribution is 5.94. The molecule has 39 heavy (non-hydrogen) atoms. The van der Waals surface area contributed by atoms with Crippen molar-refractivity contribution in [3.8, 4) is 0 Å². The Morgan fingerprint density at radius 3 is 2.49 bits per heavy atom. The number of carbonyl (C=O) groups excluding carboxylic acids is 1. The molecule has 200 valence electrons. The van der Waals surface area contributed by atoms with E-state index in [-0.39, 0.29) is 17.8 Å². The summed E-state index contributed by atoms with van der Waals surface area (Å²) in [7, 11) is 0. The molecule has 1 amide bonds. The predicted octanol–water partition coefficient (Wildman–Crippen LogP) is 5.76. The van der Waals surface area contributed by atoms with Crippen LogP contribution in [0, 0.1) is 12.7 Å². The van der Waals surface area contributed by atoms with Gasteiger partial charge in [-0.1, -0.05) is 6.07 Å². The summed E-state index contributed by atoms with van der Waals surface area (Å²) >= 11 is 0. The van der Waals surface area contributed by atoms with Crippen LogP contribution in [0.2, 0.25) is 0 Å². The maximum atomic E-state index is 13.5. The Hall–Kier alpha value is -4.37. The molecule has 3 heterocycles. The van der Waals surface area contributed by atoms with E-state index >= 15 is 0 Å². The highest BCUT2D eigenvalue weighted by atomic mass is 19.1. The number of halogens is 1. The second kappa shape index (κ2) is 12.0. The number of benzene rings is 2. The number of carbonyl (C=O) groups is 1. The van der Waals surface area contributed by atoms with Crippen LogP contribution in [-0.4, -0.2) is 44.9 Å². The maximum Gasteiger partial charge on any atom is 0.253 e. The molecule has 3 N–H and O–H groups in total. The van der Waals surface area contributed by atoms with E-state index in [0.717, 1.165) is 37.3 Å². The minimum absolute atomic E-state index is 0.0392. The van der Waals surface area contributed by atoms with Gasteiger partial charge in [-0.15, -0.1) is 0 Å². The third-order valence-corrected chi connectivity index (χ3v) is 6.93. The highest BCUT2D eigenvalue weighted by Gasteiger charge is 2.24. The Morgan fingerprint density at radius 1 is 1.00 bits per heavy atom. The topological polar surface area (TPSA) is 95.1 Å². The van der Waals surface area contributed by atoms with Crippen LogP contribution in [0.3, 0.4) is 0 Å². The lowest BCUT2D eigenvalue weighted by molar-refractivity contribution is 0.0702. The fraction of sp³-hybridized carbons (Fsp3) is 0.267. The van der Waals surface area contributed by atoms with E-state index in [1.165, 1.54) is 11.6 Å². The average Bonchev–Trinajstić information content (AvgIpc) is 2.96. The Morgan fingerprint density at radius 2 is 1.77 bits per heavy atom. The van der Waals surface area contributed by atoms with Crippen LogP contribution in [0.1, 0.15) is 47.3 Å². The average molecular weight is 526 g/mol. The zero-order valence-electron chi connectivity index (χ0n) is 22.1. The van der Waals surface area contributed by atoms with E-state index in [1.807, 2.05) is 41.4 Å². The molecule has 0 radical (unpaired) electrons. The van der Waals surface area contributed by atoms with Gasteiger partial charge in [0.2, 0.25) is 5.95 Å². The molecule has 0 bridgehead atoms. The van der Waals surface area contributed by atoms with Crippen molar-refractivity contribution in [1.29, 1.82) is 0 Å². The van der Waals surface area contributed by atoms with E-state index in [9.17, 15) is 9.18 Å². The molecule has 0 aliphatic carbocycles. The SMILES string of the molecule is Cc1cc(Nc2ccnc(Nc3ccc(C(=O)N4CCC(NC(C)c5cccnc5)CC4)cc3)n2)ccc1F. The van der Waals surface area contributed by atoms with Gasteiger partial charge in [0.15, 0.2) is 0 Å². The van der Waals surface area contributed by atoms with Gasteiger partial charge < -0.3 is 20.9 Å². The molecule has 1 unspecified atom stereocenters. The number of hydrogen-bond donors (Lipinski definition) is 3. The molecule has 0 saturated carbocycles. The van der Waals surface area contributed by atoms with Crippen LogP contribution >= 0.6 is 0 Å². The molecule has 5 rings (SSSR count). The predicted molar refractivity (Wildman–Crippen MR) is 151 cm³/mol. The van der Waals surface area contributed by atoms with Crippen LogP contribution < -0.4 is 16.0 Å². The molecule has 1 atom stereocenters. The summed E-state index contributed by atoms with van der Waals surface area (Å²) in [6, 6.07) is 18.5. The first-order valence-electron chi connectivity index (χ1n) is 13.1. The summed E-state index contributed by atoms with van der Waals surface area (Å²) in [6.45, 7) is 5.30. The molecule has 1 fully saturated rings. The number of aromatic nitrogens is 3. The number of piperidine rings is 1. The van der Waals surface area contributed by atoms with Crippen LogP contribution in [0.4, 0.5) is 27.5 Å². The van der Waals surface area contributed by atoms with E-state index in [2.05, 4.69) is 43.9 Å². The Balaban J connectivity index is 1.13. The number of aryl methyl sites for hydroxylation is 1. The lowest BCUT2D eigenvalue weighted by Crippen LogP contribution is -2.45. The van der Waals surface area contributed by atoms with Crippen molar-refractivity contribution in [1.82, 2.24) is 25.2 Å². The zero-order valence-corrected chi connectivity index (χ0v) is 22.1. The normalized spacial score (nSPS) is 14.6. The Bertz CT molecular complexity index is 1410. The van der Waals surface area contributed by atoms with Crippen molar-refractivity contribution >= 4 is 29.0 Å². The van der Waals surface area contributed by atoms with Gasteiger partial charge >= 0.3 is 0 Å². The molecule has 9 heteroatoms. The first-order chi connectivity index (χ1) is 18.9. The fourth-order valence-corrected chi connectivity index (χ4v) is 4.70. The molecule has 2 aromatic carbocycles. The van der Waals surface area contributed by atoms with Crippen LogP contribution in [0.15, 0.2) is 79.3 Å². The second-order valence-electron chi connectivity index (χ2n) is 9.80. The number of pyridine rings is 1. The first kappa shape index (κ1) is 26.2. The van der Waals surface area contributed by atoms with Crippen molar-refractivity contribution in [2.24, 2.45) is 0 Å². The smallest absolute Gasteiger partial charge is 0.253 e. The van der Waals surface area contributed by atoms with Crippen molar-refractivity contribution in [3.63, 3.8) is 0 Å². The minimum Gasteiger partial charge on any atom is -0.340 e. The van der Waals surface area contributed by atoms with Crippen LogP contribution in [0.5, 0.6) is 0 Å². The number of amides is 1. The first-order valence-corrected chi connectivity index (χ1v) is 13.1. The number of nitrogens with zero attached hydrogens (tertiary/aromatic N) is 4. The number of rotatable bonds is 8. The van der Waals surface area contributed by atoms with Gasteiger partial charge in [-0.05, 0) is 92.4 Å². The molecular formula is C30H32FN7O. The number of hydrogen-bond acceptors (Lipinski definition) is 7. The molecular weight excluding hydrogens is 493 g/mol. The van der Waals surface area contributed by atoms with Gasteiger partial charge in [-0.3, -0.25) is 9.78 Å². The molecule has 0 spiro atoms. The van der Waals surface area contributed by atoms with Gasteiger partial charge in [-0.2, -0.15) is 4.98 Å². The highest BCUT2D eigenvalue weighted by Crippen LogP contribution is 2.22. The fourth-order valence-electron chi connectivity index (χ4n) is 4.70. The molecule has 1 aliphatic heterocycles. The molecule has 1 aliphatic rings. The summed E-state index contributed by atoms with van der Waals surface area (Å²) in [5, 5.41) is 10.0. The van der Waals surface area contributed by atoms with Gasteiger partial charge in [0.25, 0.3) is 5.91 Å². The van der Waals surface area contributed by atoms with Gasteiger partial charge in [0.1, 0.15) is 11.6 Å². The molecule has 2 aromatic heterocycles. The minimum atomic E-state index is -0.250. The summed E-state index contributed by atoms with van der Waals surface area (Å²) < 4.78 is 13.5. The Labute approximate surface area is 227 Å². The quantitative estimate of drug-likeness (QED) is 0.269. The van der Waals surface area contributed by atoms with E-state index in [4.69, 9.17) is 0 Å². The number of likely N-dealkylation sites (tertiary alicyclic amines) is 1. The monoisotopic (exact) mass is 525 g/mol.